The second kappa shape index (κ2) is 6.30. The van der Waals surface area contributed by atoms with Gasteiger partial charge in [-0.05, 0) is 11.1 Å². The molecule has 0 bridgehead atoms. The van der Waals surface area contributed by atoms with E-state index in [1.165, 1.54) is 6.20 Å². The van der Waals surface area contributed by atoms with Crippen molar-refractivity contribution >= 4 is 5.57 Å². The Labute approximate surface area is 107 Å². The molecule has 0 saturated carbocycles. The van der Waals surface area contributed by atoms with Crippen LogP contribution in [-0.2, 0) is 0 Å². The van der Waals surface area contributed by atoms with Crippen molar-refractivity contribution in [3.8, 4) is 0 Å². The summed E-state index contributed by atoms with van der Waals surface area (Å²) in [6.45, 7) is 3.51. The zero-order valence-electron chi connectivity index (χ0n) is 10.0. The molecule has 0 amide bonds. The van der Waals surface area contributed by atoms with E-state index in [0.717, 1.165) is 16.7 Å². The van der Waals surface area contributed by atoms with Gasteiger partial charge in [0.25, 0.3) is 0 Å². The molecule has 0 N–H and O–H groups in total. The van der Waals surface area contributed by atoms with E-state index < -0.39 is 0 Å². The van der Waals surface area contributed by atoms with Crippen molar-refractivity contribution in [1.29, 1.82) is 0 Å². The third kappa shape index (κ3) is 3.01. The maximum Gasteiger partial charge on any atom is 0.0580 e. The molecule has 0 saturated heterocycles. The van der Waals surface area contributed by atoms with Gasteiger partial charge in [0, 0.05) is 11.8 Å². The lowest BCUT2D eigenvalue weighted by molar-refractivity contribution is 1.23. The first-order chi connectivity index (χ1) is 8.92. The van der Waals surface area contributed by atoms with Gasteiger partial charge in [0.1, 0.15) is 0 Å². The molecule has 0 atom stereocenters. The molecule has 0 aliphatic carbocycles. The van der Waals surface area contributed by atoms with Crippen LogP contribution in [0.15, 0.2) is 89.9 Å². The predicted octanol–water partition coefficient (Wildman–Crippen LogP) is 4.67. The average Bonchev–Trinajstić information content (AvgIpc) is 2.46. The average molecular weight is 234 g/mol. The highest BCUT2D eigenvalue weighted by Gasteiger charge is 2.03. The minimum atomic E-state index is 1.04. The van der Waals surface area contributed by atoms with Crippen molar-refractivity contribution in [3.05, 3.63) is 90.8 Å². The largest absolute Gasteiger partial charge is 0.160 e. The number of nitrogens with zero attached hydrogens (tertiary/aromatic N) is 2. The second-order valence-electron chi connectivity index (χ2n) is 3.69. The van der Waals surface area contributed by atoms with Crippen LogP contribution >= 0.6 is 0 Å². The van der Waals surface area contributed by atoms with E-state index >= 15 is 0 Å². The fourth-order valence-electron chi connectivity index (χ4n) is 1.69. The number of azo groups is 1. The van der Waals surface area contributed by atoms with Crippen LogP contribution in [0, 0.1) is 0 Å². The Kier molecular flexibility index (Phi) is 4.20. The molecule has 2 aromatic carbocycles. The number of benzene rings is 2. The summed E-state index contributed by atoms with van der Waals surface area (Å²) >= 11 is 0. The van der Waals surface area contributed by atoms with Gasteiger partial charge in [-0.3, -0.25) is 0 Å². The van der Waals surface area contributed by atoms with Gasteiger partial charge < -0.3 is 0 Å². The summed E-state index contributed by atoms with van der Waals surface area (Å²) < 4.78 is 0. The predicted molar refractivity (Wildman–Crippen MR) is 75.0 cm³/mol. The van der Waals surface area contributed by atoms with Gasteiger partial charge in [0.05, 0.1) is 6.20 Å². The molecule has 0 spiro atoms. The third-order valence-corrected chi connectivity index (χ3v) is 2.50. The lowest BCUT2D eigenvalue weighted by Crippen LogP contribution is -1.86. The summed E-state index contributed by atoms with van der Waals surface area (Å²) in [6.07, 6.45) is 3.18. The number of hydrogen-bond acceptors (Lipinski definition) is 2. The van der Waals surface area contributed by atoms with Gasteiger partial charge in [-0.1, -0.05) is 67.2 Å². The molecule has 0 unspecified atom stereocenters. The molecule has 0 heterocycles. The zero-order valence-corrected chi connectivity index (χ0v) is 10.0. The molecule has 88 valence electrons. The van der Waals surface area contributed by atoms with Crippen molar-refractivity contribution in [3.63, 3.8) is 0 Å². The van der Waals surface area contributed by atoms with E-state index in [9.17, 15) is 0 Å². The summed E-state index contributed by atoms with van der Waals surface area (Å²) in [5, 5.41) is 7.76. The summed E-state index contributed by atoms with van der Waals surface area (Å²) in [4.78, 5) is 0. The van der Waals surface area contributed by atoms with Gasteiger partial charge in [0.2, 0.25) is 0 Å². The first-order valence-corrected chi connectivity index (χ1v) is 5.73. The Hall–Kier alpha value is -2.48. The summed E-state index contributed by atoms with van der Waals surface area (Å²) in [5.74, 6) is 0. The second-order valence-corrected chi connectivity index (χ2v) is 3.69. The fourth-order valence-corrected chi connectivity index (χ4v) is 1.69. The Morgan fingerprint density at radius 1 is 0.778 bits per heavy atom. The van der Waals surface area contributed by atoms with Gasteiger partial charge in [-0.15, -0.1) is 0 Å². The molecule has 2 aromatic rings. The van der Waals surface area contributed by atoms with Crippen molar-refractivity contribution in [1.82, 2.24) is 0 Å². The first-order valence-electron chi connectivity index (χ1n) is 5.73. The topological polar surface area (TPSA) is 24.7 Å². The number of rotatable bonds is 4. The maximum atomic E-state index is 3.99. The lowest BCUT2D eigenvalue weighted by atomic mass is 9.99. The Bertz CT molecular complexity index is 513. The monoisotopic (exact) mass is 234 g/mol. The van der Waals surface area contributed by atoms with Crippen LogP contribution in [0.5, 0.6) is 0 Å². The Balaban J connectivity index is 2.45. The zero-order chi connectivity index (χ0) is 12.6. The molecular weight excluding hydrogens is 220 g/mol. The molecular formula is C16H14N2. The summed E-state index contributed by atoms with van der Waals surface area (Å²) in [5.41, 5.74) is 3.28. The van der Waals surface area contributed by atoms with Crippen molar-refractivity contribution in [2.24, 2.45) is 10.2 Å². The van der Waals surface area contributed by atoms with E-state index in [2.05, 4.69) is 41.1 Å². The highest BCUT2D eigenvalue weighted by Crippen LogP contribution is 2.23. The molecule has 2 rings (SSSR count). The first kappa shape index (κ1) is 12.0. The van der Waals surface area contributed by atoms with Crippen LogP contribution in [0.1, 0.15) is 11.1 Å². The lowest BCUT2D eigenvalue weighted by Gasteiger charge is -2.06. The maximum absolute atomic E-state index is 3.99. The molecule has 0 aliphatic rings. The van der Waals surface area contributed by atoms with Crippen LogP contribution in [-0.4, -0.2) is 0 Å². The van der Waals surface area contributed by atoms with Crippen LogP contribution in [0.3, 0.4) is 0 Å². The van der Waals surface area contributed by atoms with Gasteiger partial charge in [-0.25, -0.2) is 0 Å². The quantitative estimate of drug-likeness (QED) is 0.687. The van der Waals surface area contributed by atoms with Gasteiger partial charge >= 0.3 is 0 Å². The Morgan fingerprint density at radius 3 is 1.72 bits per heavy atom. The van der Waals surface area contributed by atoms with Gasteiger partial charge in [-0.2, -0.15) is 10.2 Å². The van der Waals surface area contributed by atoms with Crippen LogP contribution in [0.25, 0.3) is 5.57 Å². The third-order valence-electron chi connectivity index (χ3n) is 2.50. The molecule has 0 aromatic heterocycles. The highest BCUT2D eigenvalue weighted by molar-refractivity contribution is 5.79. The standard InChI is InChI=1S/C16H14N2/c1-2-17-18-13-16(14-9-5-3-6-10-14)15-11-7-4-8-12-15/h2-13H,1H2. The van der Waals surface area contributed by atoms with Crippen LogP contribution < -0.4 is 0 Å². The molecule has 2 nitrogen and oxygen atoms in total. The molecule has 2 heteroatoms. The molecule has 18 heavy (non-hydrogen) atoms. The molecule has 0 radical (unpaired) electrons. The molecule has 0 fully saturated rings. The van der Waals surface area contributed by atoms with E-state index in [1.54, 1.807) is 6.20 Å². The highest BCUT2D eigenvalue weighted by atomic mass is 15.1. The summed E-state index contributed by atoms with van der Waals surface area (Å²) in [6, 6.07) is 20.3. The van der Waals surface area contributed by atoms with Crippen molar-refractivity contribution < 1.29 is 0 Å². The minimum Gasteiger partial charge on any atom is -0.160 e. The van der Waals surface area contributed by atoms with E-state index in [-0.39, 0.29) is 0 Å². The summed E-state index contributed by atoms with van der Waals surface area (Å²) in [7, 11) is 0. The van der Waals surface area contributed by atoms with Crippen LogP contribution in [0.2, 0.25) is 0 Å². The SMILES string of the molecule is C=CN=NC=C(c1ccccc1)c1ccccc1. The van der Waals surface area contributed by atoms with E-state index in [0.29, 0.717) is 0 Å². The van der Waals surface area contributed by atoms with Crippen molar-refractivity contribution in [2.45, 2.75) is 0 Å². The normalized spacial score (nSPS) is 10.2. The fraction of sp³-hybridized carbons (Fsp3) is 0. The van der Waals surface area contributed by atoms with Crippen LogP contribution in [0.4, 0.5) is 0 Å². The minimum absolute atomic E-state index is 1.04. The smallest absolute Gasteiger partial charge is 0.0580 e. The molecule has 0 aliphatic heterocycles. The number of hydrogen-bond donors (Lipinski definition) is 0. The van der Waals surface area contributed by atoms with E-state index in [1.807, 2.05) is 36.4 Å². The Morgan fingerprint density at radius 2 is 1.28 bits per heavy atom. The van der Waals surface area contributed by atoms with Crippen molar-refractivity contribution in [2.75, 3.05) is 0 Å². The van der Waals surface area contributed by atoms with Gasteiger partial charge in [0.15, 0.2) is 0 Å². The van der Waals surface area contributed by atoms with E-state index in [4.69, 9.17) is 0 Å².